The van der Waals surface area contributed by atoms with Gasteiger partial charge in [-0.3, -0.25) is 14.3 Å². The number of amides is 1. The molecule has 5 rings (SSSR count). The quantitative estimate of drug-likeness (QED) is 0.532. The number of tetrazole rings is 1. The largest absolute Gasteiger partial charge is 0.326 e. The second-order valence-corrected chi connectivity index (χ2v) is 7.30. The summed E-state index contributed by atoms with van der Waals surface area (Å²) in [6.45, 7) is 0.376. The molecule has 0 saturated heterocycles. The normalized spacial score (nSPS) is 13.5. The number of fused-ring (bicyclic) bond motifs is 1. The summed E-state index contributed by atoms with van der Waals surface area (Å²) in [5.74, 6) is 0.613. The van der Waals surface area contributed by atoms with Crippen molar-refractivity contribution < 1.29 is 4.79 Å². The number of aromatic nitrogens is 6. The number of rotatable bonds is 6. The highest BCUT2D eigenvalue weighted by Gasteiger charge is 2.28. The Kier molecular flexibility index (Phi) is 4.55. The molecule has 9 heteroatoms. The number of anilines is 1. The number of aryl methyl sites for hydroxylation is 1. The topological polar surface area (TPSA) is 108 Å². The first kappa shape index (κ1) is 18.2. The number of carbonyl (C=O) groups excluding carboxylic acids is 1. The highest BCUT2D eigenvalue weighted by Crippen LogP contribution is 2.36. The highest BCUT2D eigenvalue weighted by atomic mass is 16.1. The summed E-state index contributed by atoms with van der Waals surface area (Å²) in [5.41, 5.74) is 2.20. The Hall–Kier alpha value is -3.88. The van der Waals surface area contributed by atoms with Gasteiger partial charge in [-0.15, -0.1) is 5.10 Å². The molecule has 1 aliphatic rings. The molecule has 0 radical (unpaired) electrons. The maximum absolute atomic E-state index is 12.4. The molecule has 1 aliphatic carbocycles. The summed E-state index contributed by atoms with van der Waals surface area (Å²) >= 11 is 0. The molecule has 150 valence electrons. The lowest BCUT2D eigenvalue weighted by Crippen LogP contribution is -2.18. The minimum absolute atomic E-state index is 0.126. The fraction of sp³-hybridized carbons (Fsp3) is 0.238. The van der Waals surface area contributed by atoms with Gasteiger partial charge >= 0.3 is 0 Å². The minimum atomic E-state index is -0.129. The van der Waals surface area contributed by atoms with E-state index in [4.69, 9.17) is 0 Å². The highest BCUT2D eigenvalue weighted by molar-refractivity contribution is 5.91. The fourth-order valence-electron chi connectivity index (χ4n) is 3.42. The molecule has 9 nitrogen and oxygen atoms in total. The molecule has 30 heavy (non-hydrogen) atoms. The third kappa shape index (κ3) is 3.57. The monoisotopic (exact) mass is 401 g/mol. The predicted molar refractivity (Wildman–Crippen MR) is 111 cm³/mol. The van der Waals surface area contributed by atoms with Crippen LogP contribution in [0, 0.1) is 0 Å². The molecule has 2 aromatic heterocycles. The van der Waals surface area contributed by atoms with Gasteiger partial charge in [-0.25, -0.2) is 4.68 Å². The van der Waals surface area contributed by atoms with Gasteiger partial charge in [0.15, 0.2) is 5.82 Å². The number of nitrogens with zero attached hydrogens (tertiary/aromatic N) is 6. The second kappa shape index (κ2) is 7.51. The zero-order chi connectivity index (χ0) is 20.5. The van der Waals surface area contributed by atoms with E-state index in [0.29, 0.717) is 23.7 Å². The Morgan fingerprint density at radius 3 is 2.70 bits per heavy atom. The van der Waals surface area contributed by atoms with Crippen LogP contribution < -0.4 is 10.7 Å². The molecular formula is C21H19N7O2. The zero-order valence-corrected chi connectivity index (χ0v) is 16.1. The van der Waals surface area contributed by atoms with Crippen LogP contribution in [0.5, 0.6) is 0 Å². The average molecular weight is 401 g/mol. The van der Waals surface area contributed by atoms with Crippen LogP contribution in [0.15, 0.2) is 59.5 Å². The first-order valence-electron chi connectivity index (χ1n) is 9.82. The first-order valence-corrected chi connectivity index (χ1v) is 9.82. The predicted octanol–water partition coefficient (Wildman–Crippen LogP) is 2.41. The second-order valence-electron chi connectivity index (χ2n) is 7.30. The number of para-hydroxylation sites is 1. The van der Waals surface area contributed by atoms with Crippen LogP contribution in [-0.2, 0) is 11.3 Å². The lowest BCUT2D eigenvalue weighted by Gasteiger charge is -2.10. The summed E-state index contributed by atoms with van der Waals surface area (Å²) < 4.78 is 3.53. The molecule has 0 spiro atoms. The molecule has 1 amide bonds. The van der Waals surface area contributed by atoms with Crippen molar-refractivity contribution in [2.75, 3.05) is 5.32 Å². The van der Waals surface area contributed by atoms with Crippen molar-refractivity contribution >= 4 is 22.5 Å². The molecule has 0 atom stereocenters. The van der Waals surface area contributed by atoms with Gasteiger partial charge in [0.2, 0.25) is 11.3 Å². The Bertz CT molecular complexity index is 1270. The summed E-state index contributed by atoms with van der Waals surface area (Å²) in [4.78, 5) is 24.3. The van der Waals surface area contributed by atoms with E-state index in [0.717, 1.165) is 29.7 Å². The SMILES string of the molecule is O=C(CCn1ncc(=O)c2ccccc21)Nc1ccc(-c2nnnn2C2CC2)cc1. The molecule has 2 heterocycles. The van der Waals surface area contributed by atoms with Crippen LogP contribution in [0.1, 0.15) is 25.3 Å². The van der Waals surface area contributed by atoms with Crippen molar-refractivity contribution in [2.45, 2.75) is 31.8 Å². The van der Waals surface area contributed by atoms with Gasteiger partial charge in [0.25, 0.3) is 0 Å². The summed E-state index contributed by atoms with van der Waals surface area (Å²) in [5, 5.41) is 19.6. The summed E-state index contributed by atoms with van der Waals surface area (Å²) in [6.07, 6.45) is 3.73. The standard InChI is InChI=1S/C21H19N7O2/c29-19-13-22-27(18-4-2-1-3-17(18)19)12-11-20(30)23-15-7-5-14(6-8-15)21-24-25-26-28(21)16-9-10-16/h1-8,13,16H,9-12H2,(H,23,30). The Morgan fingerprint density at radius 1 is 1.10 bits per heavy atom. The van der Waals surface area contributed by atoms with Gasteiger partial charge in [0.1, 0.15) is 0 Å². The van der Waals surface area contributed by atoms with Crippen LogP contribution in [0.3, 0.4) is 0 Å². The van der Waals surface area contributed by atoms with E-state index in [-0.39, 0.29) is 17.8 Å². The number of benzene rings is 2. The lowest BCUT2D eigenvalue weighted by molar-refractivity contribution is -0.116. The number of hydrogen-bond donors (Lipinski definition) is 1. The fourth-order valence-corrected chi connectivity index (χ4v) is 3.42. The Labute approximate surface area is 171 Å². The molecule has 0 bridgehead atoms. The van der Waals surface area contributed by atoms with Gasteiger partial charge in [0.05, 0.1) is 24.3 Å². The van der Waals surface area contributed by atoms with Crippen molar-refractivity contribution in [3.05, 3.63) is 65.0 Å². The molecular weight excluding hydrogens is 382 g/mol. The van der Waals surface area contributed by atoms with Crippen molar-refractivity contribution in [1.29, 1.82) is 0 Å². The van der Waals surface area contributed by atoms with E-state index >= 15 is 0 Å². The maximum atomic E-state index is 12.4. The van der Waals surface area contributed by atoms with Gasteiger partial charge < -0.3 is 5.32 Å². The van der Waals surface area contributed by atoms with E-state index in [9.17, 15) is 9.59 Å². The van der Waals surface area contributed by atoms with E-state index < -0.39 is 0 Å². The molecule has 0 unspecified atom stereocenters. The Morgan fingerprint density at radius 2 is 1.90 bits per heavy atom. The Balaban J connectivity index is 1.25. The number of hydrogen-bond acceptors (Lipinski definition) is 6. The number of nitrogens with one attached hydrogen (secondary N) is 1. The van der Waals surface area contributed by atoms with Crippen molar-refractivity contribution in [3.8, 4) is 11.4 Å². The van der Waals surface area contributed by atoms with Gasteiger partial charge in [0, 0.05) is 23.1 Å². The van der Waals surface area contributed by atoms with Crippen LogP contribution >= 0.6 is 0 Å². The first-order chi connectivity index (χ1) is 14.7. The molecule has 1 fully saturated rings. The minimum Gasteiger partial charge on any atom is -0.326 e. The molecule has 2 aromatic carbocycles. The van der Waals surface area contributed by atoms with Crippen molar-refractivity contribution in [1.82, 2.24) is 30.0 Å². The van der Waals surface area contributed by atoms with Crippen LogP contribution in [0.4, 0.5) is 5.69 Å². The van der Waals surface area contributed by atoms with Gasteiger partial charge in [-0.2, -0.15) is 5.10 Å². The van der Waals surface area contributed by atoms with Crippen molar-refractivity contribution in [2.24, 2.45) is 0 Å². The molecule has 1 saturated carbocycles. The summed E-state index contributed by atoms with van der Waals surface area (Å²) in [6, 6.07) is 15.1. The molecule has 1 N–H and O–H groups in total. The third-order valence-electron chi connectivity index (χ3n) is 5.13. The van der Waals surface area contributed by atoms with E-state index in [1.54, 1.807) is 10.7 Å². The van der Waals surface area contributed by atoms with Crippen LogP contribution in [-0.4, -0.2) is 35.9 Å². The third-order valence-corrected chi connectivity index (χ3v) is 5.13. The van der Waals surface area contributed by atoms with Crippen LogP contribution in [0.25, 0.3) is 22.3 Å². The molecule has 4 aromatic rings. The van der Waals surface area contributed by atoms with Crippen molar-refractivity contribution in [3.63, 3.8) is 0 Å². The van der Waals surface area contributed by atoms with E-state index in [1.807, 2.05) is 47.1 Å². The van der Waals surface area contributed by atoms with E-state index in [2.05, 4.69) is 25.9 Å². The smallest absolute Gasteiger partial charge is 0.226 e. The van der Waals surface area contributed by atoms with E-state index in [1.165, 1.54) is 6.20 Å². The lowest BCUT2D eigenvalue weighted by atomic mass is 10.2. The zero-order valence-electron chi connectivity index (χ0n) is 16.1. The van der Waals surface area contributed by atoms with Crippen LogP contribution in [0.2, 0.25) is 0 Å². The average Bonchev–Trinajstić information content (AvgIpc) is 3.50. The maximum Gasteiger partial charge on any atom is 0.226 e. The summed E-state index contributed by atoms with van der Waals surface area (Å²) in [7, 11) is 0. The van der Waals surface area contributed by atoms with Gasteiger partial charge in [-0.1, -0.05) is 12.1 Å². The molecule has 0 aliphatic heterocycles. The number of carbonyl (C=O) groups is 1. The van der Waals surface area contributed by atoms with Gasteiger partial charge in [-0.05, 0) is 59.7 Å².